The van der Waals surface area contributed by atoms with Gasteiger partial charge in [-0.1, -0.05) is 23.7 Å². The number of para-hydroxylation sites is 1. The number of ether oxygens (including phenoxy) is 1. The molecule has 0 fully saturated rings. The van der Waals surface area contributed by atoms with E-state index in [-0.39, 0.29) is 0 Å². The summed E-state index contributed by atoms with van der Waals surface area (Å²) in [4.78, 5) is 1.09. The highest BCUT2D eigenvalue weighted by Crippen LogP contribution is 2.24. The van der Waals surface area contributed by atoms with Crippen LogP contribution in [0.15, 0.2) is 53.4 Å². The van der Waals surface area contributed by atoms with Crippen molar-refractivity contribution in [3.05, 3.63) is 53.6 Å². The number of benzene rings is 2. The summed E-state index contributed by atoms with van der Waals surface area (Å²) in [6, 6.07) is 15.2. The highest BCUT2D eigenvalue weighted by Gasteiger charge is 1.99. The van der Waals surface area contributed by atoms with Crippen molar-refractivity contribution < 1.29 is 4.74 Å². The summed E-state index contributed by atoms with van der Waals surface area (Å²) in [6.07, 6.45) is 0. The molecule has 0 heterocycles. The smallest absolute Gasteiger partial charge is 0.119 e. The van der Waals surface area contributed by atoms with Crippen LogP contribution in [0.1, 0.15) is 0 Å². The van der Waals surface area contributed by atoms with Crippen LogP contribution in [0.4, 0.5) is 5.69 Å². The molecule has 2 rings (SSSR count). The standard InChI is InChI=1S/C14H14ClNOS/c15-11-5-7-12(8-6-11)17-9-10-18-14-4-2-1-3-13(14)16/h1-8H,9-10,16H2. The van der Waals surface area contributed by atoms with E-state index in [0.717, 1.165) is 22.1 Å². The topological polar surface area (TPSA) is 35.2 Å². The molecule has 0 radical (unpaired) electrons. The van der Waals surface area contributed by atoms with Crippen LogP contribution >= 0.6 is 23.4 Å². The van der Waals surface area contributed by atoms with Crippen LogP contribution in [-0.4, -0.2) is 12.4 Å². The van der Waals surface area contributed by atoms with Crippen molar-refractivity contribution >= 4 is 29.1 Å². The fraction of sp³-hybridized carbons (Fsp3) is 0.143. The summed E-state index contributed by atoms with van der Waals surface area (Å²) in [5.41, 5.74) is 6.67. The average Bonchev–Trinajstić information content (AvgIpc) is 2.39. The lowest BCUT2D eigenvalue weighted by Gasteiger charge is -2.07. The molecule has 0 bridgehead atoms. The predicted octanol–water partition coefficient (Wildman–Crippen LogP) is 4.09. The first-order valence-corrected chi connectivity index (χ1v) is 6.98. The van der Waals surface area contributed by atoms with Crippen molar-refractivity contribution in [1.82, 2.24) is 0 Å². The lowest BCUT2D eigenvalue weighted by molar-refractivity contribution is 0.344. The Morgan fingerprint density at radius 3 is 2.50 bits per heavy atom. The van der Waals surface area contributed by atoms with Crippen molar-refractivity contribution in [2.45, 2.75) is 4.90 Å². The minimum Gasteiger partial charge on any atom is -0.493 e. The summed E-state index contributed by atoms with van der Waals surface area (Å²) in [7, 11) is 0. The van der Waals surface area contributed by atoms with E-state index in [1.165, 1.54) is 0 Å². The van der Waals surface area contributed by atoms with E-state index in [1.54, 1.807) is 11.8 Å². The van der Waals surface area contributed by atoms with E-state index in [1.807, 2.05) is 48.5 Å². The predicted molar refractivity (Wildman–Crippen MR) is 78.5 cm³/mol. The van der Waals surface area contributed by atoms with Crippen molar-refractivity contribution in [1.29, 1.82) is 0 Å². The fourth-order valence-corrected chi connectivity index (χ4v) is 2.38. The van der Waals surface area contributed by atoms with Crippen LogP contribution in [-0.2, 0) is 0 Å². The second kappa shape index (κ2) is 6.57. The first-order valence-electron chi connectivity index (χ1n) is 5.61. The summed E-state index contributed by atoms with van der Waals surface area (Å²) >= 11 is 7.49. The molecule has 0 amide bonds. The Bertz CT molecular complexity index is 501. The number of halogens is 1. The quantitative estimate of drug-likeness (QED) is 0.509. The van der Waals surface area contributed by atoms with Crippen LogP contribution in [0.2, 0.25) is 5.02 Å². The Kier molecular flexibility index (Phi) is 4.79. The monoisotopic (exact) mass is 279 g/mol. The minimum atomic E-state index is 0.640. The van der Waals surface area contributed by atoms with Crippen LogP contribution in [0, 0.1) is 0 Å². The first kappa shape index (κ1) is 13.1. The molecular formula is C14H14ClNOS. The van der Waals surface area contributed by atoms with Crippen molar-refractivity contribution in [3.63, 3.8) is 0 Å². The number of hydrogen-bond acceptors (Lipinski definition) is 3. The summed E-state index contributed by atoms with van der Waals surface area (Å²) < 4.78 is 5.60. The molecular weight excluding hydrogens is 266 g/mol. The number of rotatable bonds is 5. The van der Waals surface area contributed by atoms with E-state index in [4.69, 9.17) is 22.1 Å². The van der Waals surface area contributed by atoms with Gasteiger partial charge in [0, 0.05) is 21.4 Å². The Morgan fingerprint density at radius 2 is 1.78 bits per heavy atom. The van der Waals surface area contributed by atoms with Gasteiger partial charge in [0.05, 0.1) is 6.61 Å². The fourth-order valence-electron chi connectivity index (χ4n) is 1.45. The molecule has 0 aliphatic heterocycles. The van der Waals surface area contributed by atoms with E-state index in [9.17, 15) is 0 Å². The van der Waals surface area contributed by atoms with Crippen molar-refractivity contribution in [2.75, 3.05) is 18.1 Å². The third-order valence-electron chi connectivity index (χ3n) is 2.34. The molecule has 94 valence electrons. The molecule has 0 aliphatic rings. The van der Waals surface area contributed by atoms with Gasteiger partial charge < -0.3 is 10.5 Å². The number of thioether (sulfide) groups is 1. The second-order valence-electron chi connectivity index (χ2n) is 3.69. The van der Waals surface area contributed by atoms with E-state index >= 15 is 0 Å². The van der Waals surface area contributed by atoms with Gasteiger partial charge in [-0.05, 0) is 36.4 Å². The third kappa shape index (κ3) is 3.86. The summed E-state index contributed by atoms with van der Waals surface area (Å²) in [5, 5.41) is 0.716. The van der Waals surface area contributed by atoms with Gasteiger partial charge in [-0.15, -0.1) is 11.8 Å². The third-order valence-corrected chi connectivity index (χ3v) is 3.65. The van der Waals surface area contributed by atoms with Crippen LogP contribution < -0.4 is 10.5 Å². The molecule has 4 heteroatoms. The first-order chi connectivity index (χ1) is 8.75. The minimum absolute atomic E-state index is 0.640. The Balaban J connectivity index is 1.76. The largest absolute Gasteiger partial charge is 0.493 e. The van der Waals surface area contributed by atoms with Gasteiger partial charge in [0.15, 0.2) is 0 Å². The lowest BCUT2D eigenvalue weighted by atomic mass is 10.3. The normalized spacial score (nSPS) is 10.3. The van der Waals surface area contributed by atoms with Gasteiger partial charge in [-0.2, -0.15) is 0 Å². The molecule has 0 aliphatic carbocycles. The number of anilines is 1. The van der Waals surface area contributed by atoms with Crippen LogP contribution in [0.5, 0.6) is 5.75 Å². The van der Waals surface area contributed by atoms with Crippen molar-refractivity contribution in [2.24, 2.45) is 0 Å². The zero-order valence-corrected chi connectivity index (χ0v) is 11.4. The summed E-state index contributed by atoms with van der Waals surface area (Å²) in [5.74, 6) is 1.69. The molecule has 2 nitrogen and oxygen atoms in total. The highest BCUT2D eigenvalue weighted by molar-refractivity contribution is 7.99. The lowest BCUT2D eigenvalue weighted by Crippen LogP contribution is -2.00. The molecule has 0 spiro atoms. The van der Waals surface area contributed by atoms with Gasteiger partial charge >= 0.3 is 0 Å². The molecule has 0 atom stereocenters. The molecule has 0 saturated heterocycles. The maximum atomic E-state index is 5.85. The molecule has 18 heavy (non-hydrogen) atoms. The van der Waals surface area contributed by atoms with E-state index < -0.39 is 0 Å². The van der Waals surface area contributed by atoms with Crippen LogP contribution in [0.25, 0.3) is 0 Å². The SMILES string of the molecule is Nc1ccccc1SCCOc1ccc(Cl)cc1. The Labute approximate surface area is 116 Å². The average molecular weight is 280 g/mol. The highest BCUT2D eigenvalue weighted by atomic mass is 35.5. The molecule has 0 aromatic heterocycles. The Morgan fingerprint density at radius 1 is 1.06 bits per heavy atom. The van der Waals surface area contributed by atoms with Gasteiger partial charge in [0.25, 0.3) is 0 Å². The van der Waals surface area contributed by atoms with E-state index in [0.29, 0.717) is 11.6 Å². The molecule has 0 saturated carbocycles. The zero-order chi connectivity index (χ0) is 12.8. The number of hydrogen-bond donors (Lipinski definition) is 1. The number of nitrogen functional groups attached to an aromatic ring is 1. The van der Waals surface area contributed by atoms with Gasteiger partial charge in [0.2, 0.25) is 0 Å². The zero-order valence-electron chi connectivity index (χ0n) is 9.80. The number of nitrogens with two attached hydrogens (primary N) is 1. The molecule has 2 aromatic rings. The maximum Gasteiger partial charge on any atom is 0.119 e. The van der Waals surface area contributed by atoms with Gasteiger partial charge in [-0.25, -0.2) is 0 Å². The van der Waals surface area contributed by atoms with E-state index in [2.05, 4.69) is 0 Å². The molecule has 0 unspecified atom stereocenters. The van der Waals surface area contributed by atoms with Gasteiger partial charge in [-0.3, -0.25) is 0 Å². The van der Waals surface area contributed by atoms with Crippen LogP contribution in [0.3, 0.4) is 0 Å². The van der Waals surface area contributed by atoms with Gasteiger partial charge in [0.1, 0.15) is 5.75 Å². The maximum absolute atomic E-state index is 5.85. The van der Waals surface area contributed by atoms with Crippen molar-refractivity contribution in [3.8, 4) is 5.75 Å². The second-order valence-corrected chi connectivity index (χ2v) is 5.26. The summed E-state index contributed by atoms with van der Waals surface area (Å²) in [6.45, 7) is 0.640. The molecule has 2 aromatic carbocycles. The molecule has 2 N–H and O–H groups in total. The Hall–Kier alpha value is -1.32.